The molecular formula is C20H32N2O4. The first-order chi connectivity index (χ1) is 12.1. The van der Waals surface area contributed by atoms with Crippen molar-refractivity contribution in [1.82, 2.24) is 10.2 Å². The molecule has 2 amide bonds. The van der Waals surface area contributed by atoms with E-state index in [1.807, 2.05) is 45.9 Å². The van der Waals surface area contributed by atoms with Gasteiger partial charge in [0.1, 0.15) is 11.4 Å². The minimum atomic E-state index is -0.526. The van der Waals surface area contributed by atoms with Gasteiger partial charge in [-0.2, -0.15) is 0 Å². The van der Waals surface area contributed by atoms with Gasteiger partial charge in [0.2, 0.25) is 0 Å². The normalized spacial score (nSPS) is 12.2. The van der Waals surface area contributed by atoms with Crippen LogP contribution in [0.25, 0.3) is 0 Å². The first kappa shape index (κ1) is 21.8. The fourth-order valence-corrected chi connectivity index (χ4v) is 2.31. The lowest BCUT2D eigenvalue weighted by molar-refractivity contribution is 0.0508. The number of hydrogen-bond acceptors (Lipinski definition) is 4. The van der Waals surface area contributed by atoms with Gasteiger partial charge in [0.15, 0.2) is 0 Å². The maximum Gasteiger partial charge on any atom is 0.414 e. The summed E-state index contributed by atoms with van der Waals surface area (Å²) in [6.45, 7) is 10.1. The number of nitrogens with zero attached hydrogens (tertiary/aromatic N) is 1. The average Bonchev–Trinajstić information content (AvgIpc) is 2.50. The molecule has 6 heteroatoms. The number of ether oxygens (including phenoxy) is 2. The molecule has 0 aliphatic rings. The molecule has 1 atom stereocenters. The Labute approximate surface area is 156 Å². The molecule has 0 saturated heterocycles. The number of amides is 2. The SMILES string of the molecule is CCCCN(C)C(=O)Oc1cccc(CC(C)NC(=O)OC(C)(C)C)c1. The van der Waals surface area contributed by atoms with Crippen LogP contribution >= 0.6 is 0 Å². The maximum atomic E-state index is 12.1. The third-order valence-corrected chi connectivity index (χ3v) is 3.57. The Hall–Kier alpha value is -2.24. The van der Waals surface area contributed by atoms with Gasteiger partial charge in [0, 0.05) is 19.6 Å². The Morgan fingerprint density at radius 3 is 2.58 bits per heavy atom. The summed E-state index contributed by atoms with van der Waals surface area (Å²) in [4.78, 5) is 25.5. The zero-order chi connectivity index (χ0) is 19.7. The molecular weight excluding hydrogens is 332 g/mol. The molecule has 1 rings (SSSR count). The van der Waals surface area contributed by atoms with Crippen molar-refractivity contribution in [2.24, 2.45) is 0 Å². The predicted molar refractivity (Wildman–Crippen MR) is 103 cm³/mol. The molecule has 0 fully saturated rings. The van der Waals surface area contributed by atoms with Crippen LogP contribution in [0.15, 0.2) is 24.3 Å². The molecule has 0 heterocycles. The van der Waals surface area contributed by atoms with E-state index in [-0.39, 0.29) is 12.1 Å². The van der Waals surface area contributed by atoms with Crippen molar-refractivity contribution < 1.29 is 19.1 Å². The summed E-state index contributed by atoms with van der Waals surface area (Å²) in [5.41, 5.74) is 0.442. The molecule has 0 aliphatic carbocycles. The van der Waals surface area contributed by atoms with Crippen LogP contribution in [0.3, 0.4) is 0 Å². The van der Waals surface area contributed by atoms with E-state index in [1.54, 1.807) is 18.0 Å². The highest BCUT2D eigenvalue weighted by atomic mass is 16.6. The van der Waals surface area contributed by atoms with Crippen molar-refractivity contribution in [2.45, 2.75) is 65.5 Å². The van der Waals surface area contributed by atoms with Gasteiger partial charge in [0.25, 0.3) is 0 Å². The van der Waals surface area contributed by atoms with E-state index in [1.165, 1.54) is 0 Å². The van der Waals surface area contributed by atoms with E-state index in [0.717, 1.165) is 18.4 Å². The average molecular weight is 364 g/mol. The molecule has 1 aromatic rings. The van der Waals surface area contributed by atoms with E-state index in [2.05, 4.69) is 12.2 Å². The van der Waals surface area contributed by atoms with E-state index in [0.29, 0.717) is 18.7 Å². The minimum absolute atomic E-state index is 0.108. The first-order valence-corrected chi connectivity index (χ1v) is 9.12. The van der Waals surface area contributed by atoms with Gasteiger partial charge in [-0.25, -0.2) is 9.59 Å². The Bertz CT molecular complexity index is 596. The summed E-state index contributed by atoms with van der Waals surface area (Å²) in [7, 11) is 1.73. The van der Waals surface area contributed by atoms with Crippen LogP contribution < -0.4 is 10.1 Å². The van der Waals surface area contributed by atoms with Crippen molar-refractivity contribution in [3.63, 3.8) is 0 Å². The molecule has 1 N–H and O–H groups in total. The van der Waals surface area contributed by atoms with Crippen molar-refractivity contribution >= 4 is 12.2 Å². The summed E-state index contributed by atoms with van der Waals surface area (Å²) in [6.07, 6.45) is 1.77. The van der Waals surface area contributed by atoms with Crippen molar-refractivity contribution in [3.8, 4) is 5.75 Å². The molecule has 146 valence electrons. The molecule has 0 aromatic heterocycles. The first-order valence-electron chi connectivity index (χ1n) is 9.12. The van der Waals surface area contributed by atoms with Gasteiger partial charge < -0.3 is 19.7 Å². The zero-order valence-corrected chi connectivity index (χ0v) is 16.8. The number of hydrogen-bond donors (Lipinski definition) is 1. The van der Waals surface area contributed by atoms with Crippen molar-refractivity contribution in [2.75, 3.05) is 13.6 Å². The lowest BCUT2D eigenvalue weighted by atomic mass is 10.1. The second-order valence-corrected chi connectivity index (χ2v) is 7.54. The van der Waals surface area contributed by atoms with Gasteiger partial charge in [-0.05, 0) is 58.2 Å². The lowest BCUT2D eigenvalue weighted by Crippen LogP contribution is -2.38. The highest BCUT2D eigenvalue weighted by Crippen LogP contribution is 2.16. The Morgan fingerprint density at radius 1 is 1.27 bits per heavy atom. The maximum absolute atomic E-state index is 12.1. The number of unbranched alkanes of at least 4 members (excludes halogenated alkanes) is 1. The summed E-state index contributed by atoms with van der Waals surface area (Å²) in [6, 6.07) is 7.23. The Morgan fingerprint density at radius 2 is 1.96 bits per heavy atom. The smallest absolute Gasteiger partial charge is 0.414 e. The number of rotatable bonds is 7. The summed E-state index contributed by atoms with van der Waals surface area (Å²) < 4.78 is 10.7. The van der Waals surface area contributed by atoms with Crippen LogP contribution in [-0.4, -0.2) is 42.3 Å². The number of benzene rings is 1. The summed E-state index contributed by atoms with van der Waals surface area (Å²) in [5, 5.41) is 2.81. The molecule has 1 aromatic carbocycles. The van der Waals surface area contributed by atoms with E-state index in [4.69, 9.17) is 9.47 Å². The third kappa shape index (κ3) is 8.74. The monoisotopic (exact) mass is 364 g/mol. The van der Waals surface area contributed by atoms with Crippen LogP contribution in [0, 0.1) is 0 Å². The summed E-state index contributed by atoms with van der Waals surface area (Å²) in [5.74, 6) is 0.500. The quantitative estimate of drug-likeness (QED) is 0.780. The van der Waals surface area contributed by atoms with Crippen LogP contribution in [-0.2, 0) is 11.2 Å². The van der Waals surface area contributed by atoms with Crippen LogP contribution in [0.5, 0.6) is 5.75 Å². The number of carbonyl (C=O) groups excluding carboxylic acids is 2. The lowest BCUT2D eigenvalue weighted by Gasteiger charge is -2.22. The largest absolute Gasteiger partial charge is 0.444 e. The highest BCUT2D eigenvalue weighted by molar-refractivity contribution is 5.70. The molecule has 0 radical (unpaired) electrons. The Balaban J connectivity index is 2.58. The van der Waals surface area contributed by atoms with Gasteiger partial charge in [-0.3, -0.25) is 0 Å². The minimum Gasteiger partial charge on any atom is -0.444 e. The molecule has 0 saturated carbocycles. The topological polar surface area (TPSA) is 67.9 Å². The van der Waals surface area contributed by atoms with Gasteiger partial charge in [0.05, 0.1) is 0 Å². The second kappa shape index (κ2) is 10.0. The summed E-state index contributed by atoms with van der Waals surface area (Å²) >= 11 is 0. The standard InChI is InChI=1S/C20H32N2O4/c1-7-8-12-22(6)19(24)25-17-11-9-10-16(14-17)13-15(2)21-18(23)26-20(3,4)5/h9-11,14-15H,7-8,12-13H2,1-6H3,(H,21,23). The Kier molecular flexibility index (Phi) is 8.42. The van der Waals surface area contributed by atoms with E-state index >= 15 is 0 Å². The van der Waals surface area contributed by atoms with Crippen LogP contribution in [0.1, 0.15) is 53.0 Å². The third-order valence-electron chi connectivity index (χ3n) is 3.57. The zero-order valence-electron chi connectivity index (χ0n) is 16.8. The number of alkyl carbamates (subject to hydrolysis) is 1. The van der Waals surface area contributed by atoms with Gasteiger partial charge >= 0.3 is 12.2 Å². The molecule has 26 heavy (non-hydrogen) atoms. The molecule has 0 aliphatic heterocycles. The fourth-order valence-electron chi connectivity index (χ4n) is 2.31. The van der Waals surface area contributed by atoms with Crippen LogP contribution in [0.4, 0.5) is 9.59 Å². The van der Waals surface area contributed by atoms with E-state index in [9.17, 15) is 9.59 Å². The molecule has 6 nitrogen and oxygen atoms in total. The fraction of sp³-hybridized carbons (Fsp3) is 0.600. The molecule has 0 spiro atoms. The number of nitrogens with one attached hydrogen (secondary N) is 1. The molecule has 0 bridgehead atoms. The van der Waals surface area contributed by atoms with Crippen molar-refractivity contribution in [1.29, 1.82) is 0 Å². The van der Waals surface area contributed by atoms with Crippen LogP contribution in [0.2, 0.25) is 0 Å². The van der Waals surface area contributed by atoms with Crippen molar-refractivity contribution in [3.05, 3.63) is 29.8 Å². The number of carbonyl (C=O) groups is 2. The van der Waals surface area contributed by atoms with E-state index < -0.39 is 11.7 Å². The van der Waals surface area contributed by atoms with Gasteiger partial charge in [-0.1, -0.05) is 25.5 Å². The second-order valence-electron chi connectivity index (χ2n) is 7.54. The predicted octanol–water partition coefficient (Wildman–Crippen LogP) is 4.37. The van der Waals surface area contributed by atoms with Gasteiger partial charge in [-0.15, -0.1) is 0 Å². The molecule has 1 unspecified atom stereocenters. The highest BCUT2D eigenvalue weighted by Gasteiger charge is 2.18.